The first kappa shape index (κ1) is 14.0. The molecule has 0 aliphatic carbocycles. The molecule has 0 unspecified atom stereocenters. The molecule has 0 heterocycles. The second-order valence-corrected chi connectivity index (χ2v) is 4.75. The Hall–Kier alpha value is -0.110. The highest BCUT2D eigenvalue weighted by Crippen LogP contribution is 2.37. The summed E-state index contributed by atoms with van der Waals surface area (Å²) in [6.07, 6.45) is 4.66. The quantitative estimate of drug-likeness (QED) is 0.487. The Labute approximate surface area is 112 Å². The van der Waals surface area contributed by atoms with Gasteiger partial charge in [-0.15, -0.1) is 0 Å². The summed E-state index contributed by atoms with van der Waals surface area (Å²) < 4.78 is 5.54. The summed E-state index contributed by atoms with van der Waals surface area (Å²) in [6, 6.07) is 3.44. The lowest BCUT2D eigenvalue weighted by Gasteiger charge is -2.09. The van der Waals surface area contributed by atoms with E-state index in [2.05, 4.69) is 6.92 Å². The monoisotopic (exact) mass is 280 g/mol. The standard InChI is InChI=1S/C12H15Cl3O/c1-2-3-4-5-8-16-10-7-6-9(13)11(14)12(10)15/h6-7H,2-5,8H2,1H3. The van der Waals surface area contributed by atoms with E-state index >= 15 is 0 Å². The zero-order valence-corrected chi connectivity index (χ0v) is 11.5. The van der Waals surface area contributed by atoms with Crippen LogP contribution in [-0.4, -0.2) is 6.61 Å². The summed E-state index contributed by atoms with van der Waals surface area (Å²) >= 11 is 17.7. The van der Waals surface area contributed by atoms with E-state index in [-0.39, 0.29) is 0 Å². The van der Waals surface area contributed by atoms with Crippen molar-refractivity contribution in [2.45, 2.75) is 32.6 Å². The minimum Gasteiger partial charge on any atom is -0.492 e. The normalized spacial score (nSPS) is 10.5. The minimum atomic E-state index is 0.356. The van der Waals surface area contributed by atoms with Gasteiger partial charge in [0.05, 0.1) is 16.7 Å². The van der Waals surface area contributed by atoms with Gasteiger partial charge in [-0.25, -0.2) is 0 Å². The average molecular weight is 282 g/mol. The molecule has 1 nitrogen and oxygen atoms in total. The third kappa shape index (κ3) is 4.04. The van der Waals surface area contributed by atoms with E-state index < -0.39 is 0 Å². The van der Waals surface area contributed by atoms with Crippen molar-refractivity contribution in [3.05, 3.63) is 27.2 Å². The highest BCUT2D eigenvalue weighted by atomic mass is 35.5. The van der Waals surface area contributed by atoms with Gasteiger partial charge in [-0.1, -0.05) is 61.0 Å². The van der Waals surface area contributed by atoms with Crippen LogP contribution < -0.4 is 4.74 Å². The Kier molecular flexibility index (Phi) is 6.33. The van der Waals surface area contributed by atoms with Gasteiger partial charge in [0.15, 0.2) is 0 Å². The lowest BCUT2D eigenvalue weighted by atomic mass is 10.2. The number of ether oxygens (including phenoxy) is 1. The zero-order valence-electron chi connectivity index (χ0n) is 9.23. The smallest absolute Gasteiger partial charge is 0.139 e. The van der Waals surface area contributed by atoms with Crippen molar-refractivity contribution in [1.29, 1.82) is 0 Å². The summed E-state index contributed by atoms with van der Waals surface area (Å²) in [5.74, 6) is 0.604. The van der Waals surface area contributed by atoms with E-state index in [1.807, 2.05) is 0 Å². The molecule has 0 aliphatic heterocycles. The number of hydrogen-bond acceptors (Lipinski definition) is 1. The molecule has 0 N–H and O–H groups in total. The fraction of sp³-hybridized carbons (Fsp3) is 0.500. The number of unbranched alkanes of at least 4 members (excludes halogenated alkanes) is 3. The molecule has 90 valence electrons. The zero-order chi connectivity index (χ0) is 12.0. The van der Waals surface area contributed by atoms with Gasteiger partial charge in [0.2, 0.25) is 0 Å². The Morgan fingerprint density at radius 3 is 2.44 bits per heavy atom. The number of rotatable bonds is 6. The highest BCUT2D eigenvalue weighted by molar-refractivity contribution is 6.48. The first-order chi connectivity index (χ1) is 7.66. The summed E-state index contributed by atoms with van der Waals surface area (Å²) in [5, 5.41) is 1.20. The van der Waals surface area contributed by atoms with Gasteiger partial charge in [-0.05, 0) is 18.6 Å². The van der Waals surface area contributed by atoms with E-state index in [0.29, 0.717) is 27.4 Å². The van der Waals surface area contributed by atoms with Crippen LogP contribution >= 0.6 is 34.8 Å². The van der Waals surface area contributed by atoms with Gasteiger partial charge in [0.25, 0.3) is 0 Å². The molecule has 0 spiro atoms. The average Bonchev–Trinajstić information content (AvgIpc) is 2.28. The van der Waals surface area contributed by atoms with Crippen molar-refractivity contribution in [3.63, 3.8) is 0 Å². The SMILES string of the molecule is CCCCCCOc1ccc(Cl)c(Cl)c1Cl. The molecule has 0 aromatic heterocycles. The van der Waals surface area contributed by atoms with Gasteiger partial charge in [-0.3, -0.25) is 0 Å². The van der Waals surface area contributed by atoms with Crippen molar-refractivity contribution in [2.75, 3.05) is 6.61 Å². The number of hydrogen-bond donors (Lipinski definition) is 0. The first-order valence-electron chi connectivity index (χ1n) is 5.43. The molecule has 0 bridgehead atoms. The molecule has 0 atom stereocenters. The van der Waals surface area contributed by atoms with Crippen LogP contribution in [0.25, 0.3) is 0 Å². The molecule has 0 saturated carbocycles. The van der Waals surface area contributed by atoms with E-state index in [0.717, 1.165) is 6.42 Å². The summed E-state index contributed by atoms with van der Waals surface area (Å²) in [4.78, 5) is 0. The van der Waals surface area contributed by atoms with Crippen molar-refractivity contribution < 1.29 is 4.74 Å². The van der Waals surface area contributed by atoms with Gasteiger partial charge in [0.1, 0.15) is 10.8 Å². The Balaban J connectivity index is 2.45. The topological polar surface area (TPSA) is 9.23 Å². The molecule has 0 fully saturated rings. The number of benzene rings is 1. The number of halogens is 3. The molecule has 0 amide bonds. The minimum absolute atomic E-state index is 0.356. The summed E-state index contributed by atoms with van der Waals surface area (Å²) in [6.45, 7) is 2.84. The van der Waals surface area contributed by atoms with Crippen LogP contribution in [0.3, 0.4) is 0 Å². The van der Waals surface area contributed by atoms with Gasteiger partial charge in [0, 0.05) is 0 Å². The lowest BCUT2D eigenvalue weighted by Crippen LogP contribution is -1.98. The summed E-state index contributed by atoms with van der Waals surface area (Å²) in [7, 11) is 0. The third-order valence-corrected chi connectivity index (χ3v) is 3.53. The fourth-order valence-electron chi connectivity index (χ4n) is 1.33. The van der Waals surface area contributed by atoms with Crippen LogP contribution in [0.15, 0.2) is 12.1 Å². The maximum Gasteiger partial charge on any atom is 0.139 e. The molecule has 0 radical (unpaired) electrons. The second-order valence-electron chi connectivity index (χ2n) is 3.58. The highest BCUT2D eigenvalue weighted by Gasteiger charge is 2.09. The predicted octanol–water partition coefficient (Wildman–Crippen LogP) is 5.61. The van der Waals surface area contributed by atoms with Gasteiger partial charge < -0.3 is 4.74 Å². The van der Waals surface area contributed by atoms with E-state index in [1.165, 1.54) is 19.3 Å². The summed E-state index contributed by atoms with van der Waals surface area (Å²) in [5.41, 5.74) is 0. The van der Waals surface area contributed by atoms with Crippen LogP contribution in [0.2, 0.25) is 15.1 Å². The Morgan fingerprint density at radius 1 is 1.00 bits per heavy atom. The van der Waals surface area contributed by atoms with Crippen molar-refractivity contribution in [1.82, 2.24) is 0 Å². The fourth-order valence-corrected chi connectivity index (χ4v) is 1.91. The molecule has 0 aliphatic rings. The third-order valence-electron chi connectivity index (χ3n) is 2.26. The molecule has 1 aromatic rings. The molecular weight excluding hydrogens is 266 g/mol. The van der Waals surface area contributed by atoms with Crippen LogP contribution in [0.5, 0.6) is 5.75 Å². The van der Waals surface area contributed by atoms with E-state index in [4.69, 9.17) is 39.5 Å². The van der Waals surface area contributed by atoms with Crippen molar-refractivity contribution in [3.8, 4) is 5.75 Å². The first-order valence-corrected chi connectivity index (χ1v) is 6.56. The van der Waals surface area contributed by atoms with Crippen LogP contribution in [-0.2, 0) is 0 Å². The lowest BCUT2D eigenvalue weighted by molar-refractivity contribution is 0.305. The molecule has 16 heavy (non-hydrogen) atoms. The predicted molar refractivity (Wildman–Crippen MR) is 71.1 cm³/mol. The molecule has 0 saturated heterocycles. The van der Waals surface area contributed by atoms with E-state index in [1.54, 1.807) is 12.1 Å². The molecular formula is C12H15Cl3O. The van der Waals surface area contributed by atoms with Gasteiger partial charge >= 0.3 is 0 Å². The maximum atomic E-state index is 6.00. The largest absolute Gasteiger partial charge is 0.492 e. The maximum absolute atomic E-state index is 6.00. The van der Waals surface area contributed by atoms with E-state index in [9.17, 15) is 0 Å². The van der Waals surface area contributed by atoms with Crippen LogP contribution in [0, 0.1) is 0 Å². The van der Waals surface area contributed by atoms with Gasteiger partial charge in [-0.2, -0.15) is 0 Å². The molecule has 4 heteroatoms. The Bertz CT molecular complexity index is 339. The Morgan fingerprint density at radius 2 is 1.75 bits per heavy atom. The van der Waals surface area contributed by atoms with Crippen molar-refractivity contribution >= 4 is 34.8 Å². The van der Waals surface area contributed by atoms with Crippen LogP contribution in [0.4, 0.5) is 0 Å². The van der Waals surface area contributed by atoms with Crippen LogP contribution in [0.1, 0.15) is 32.6 Å². The second kappa shape index (κ2) is 7.26. The molecule has 1 rings (SSSR count). The molecule has 1 aromatic carbocycles. The van der Waals surface area contributed by atoms with Crippen molar-refractivity contribution in [2.24, 2.45) is 0 Å².